The molecular weight excluding hydrogens is 260 g/mol. The van der Waals surface area contributed by atoms with E-state index < -0.39 is 0 Å². The lowest BCUT2D eigenvalue weighted by Gasteiger charge is -2.06. The average molecular weight is 272 g/mol. The zero-order chi connectivity index (χ0) is 14.1. The van der Waals surface area contributed by atoms with Gasteiger partial charge in [0.15, 0.2) is 0 Å². The Morgan fingerprint density at radius 1 is 0.714 bits per heavy atom. The summed E-state index contributed by atoms with van der Waals surface area (Å²) in [5, 5.41) is 2.16. The first-order chi connectivity index (χ1) is 10.4. The molecule has 0 saturated heterocycles. The molecule has 0 radical (unpaired) electrons. The number of hydrogen-bond acceptors (Lipinski definition) is 3. The van der Waals surface area contributed by atoms with Crippen LogP contribution in [0.4, 0.5) is 0 Å². The van der Waals surface area contributed by atoms with E-state index in [0.717, 1.165) is 27.6 Å². The molecule has 0 spiro atoms. The van der Waals surface area contributed by atoms with Gasteiger partial charge in [-0.15, -0.1) is 0 Å². The van der Waals surface area contributed by atoms with Gasteiger partial charge in [-0.3, -0.25) is 4.98 Å². The smallest absolute Gasteiger partial charge is 0.219 e. The molecule has 4 aromatic rings. The second-order valence-electron chi connectivity index (χ2n) is 4.80. The van der Waals surface area contributed by atoms with Crippen molar-refractivity contribution in [3.63, 3.8) is 0 Å². The van der Waals surface area contributed by atoms with Crippen LogP contribution < -0.4 is 4.74 Å². The lowest BCUT2D eigenvalue weighted by molar-refractivity contribution is 0.466. The first-order valence-corrected chi connectivity index (χ1v) is 6.77. The maximum absolute atomic E-state index is 5.86. The van der Waals surface area contributed by atoms with Gasteiger partial charge >= 0.3 is 0 Å². The van der Waals surface area contributed by atoms with E-state index in [9.17, 15) is 0 Å². The predicted octanol–water partition coefficient (Wildman–Crippen LogP) is 4.58. The van der Waals surface area contributed by atoms with Crippen molar-refractivity contribution in [3.05, 3.63) is 72.9 Å². The van der Waals surface area contributed by atoms with Gasteiger partial charge in [-0.25, -0.2) is 4.98 Å². The number of benzene rings is 2. The average Bonchev–Trinajstić information content (AvgIpc) is 2.55. The van der Waals surface area contributed by atoms with Crippen LogP contribution in [0.1, 0.15) is 0 Å². The Morgan fingerprint density at radius 2 is 1.62 bits per heavy atom. The van der Waals surface area contributed by atoms with Crippen LogP contribution in [-0.2, 0) is 0 Å². The van der Waals surface area contributed by atoms with Crippen LogP contribution in [0.3, 0.4) is 0 Å². The fourth-order valence-corrected chi connectivity index (χ4v) is 2.34. The van der Waals surface area contributed by atoms with E-state index in [-0.39, 0.29) is 0 Å². The number of hydrogen-bond donors (Lipinski definition) is 0. The summed E-state index contributed by atoms with van der Waals surface area (Å²) in [6.07, 6.45) is 1.79. The molecule has 0 aliphatic carbocycles. The van der Waals surface area contributed by atoms with Crippen LogP contribution in [0.25, 0.3) is 21.8 Å². The van der Waals surface area contributed by atoms with Crippen LogP contribution in [0.2, 0.25) is 0 Å². The van der Waals surface area contributed by atoms with Gasteiger partial charge in [0.25, 0.3) is 0 Å². The maximum atomic E-state index is 5.86. The molecule has 0 saturated carbocycles. The molecule has 3 nitrogen and oxygen atoms in total. The fourth-order valence-electron chi connectivity index (χ4n) is 2.34. The molecule has 0 N–H and O–H groups in total. The van der Waals surface area contributed by atoms with Gasteiger partial charge in [0.1, 0.15) is 5.75 Å². The van der Waals surface area contributed by atoms with Crippen LogP contribution in [-0.4, -0.2) is 9.97 Å². The number of ether oxygens (including phenoxy) is 1. The summed E-state index contributed by atoms with van der Waals surface area (Å²) in [7, 11) is 0. The zero-order valence-corrected chi connectivity index (χ0v) is 11.2. The second kappa shape index (κ2) is 4.87. The molecule has 0 bridgehead atoms. The molecule has 21 heavy (non-hydrogen) atoms. The highest BCUT2D eigenvalue weighted by molar-refractivity contribution is 5.80. The molecule has 100 valence electrons. The summed E-state index contributed by atoms with van der Waals surface area (Å²) < 4.78 is 5.86. The Balaban J connectivity index is 1.71. The highest BCUT2D eigenvalue weighted by Crippen LogP contribution is 2.25. The second-order valence-corrected chi connectivity index (χ2v) is 4.80. The first kappa shape index (κ1) is 11.9. The lowest BCUT2D eigenvalue weighted by atomic mass is 10.2. The van der Waals surface area contributed by atoms with Crippen LogP contribution in [0, 0.1) is 0 Å². The molecule has 0 aliphatic heterocycles. The van der Waals surface area contributed by atoms with E-state index in [2.05, 4.69) is 9.97 Å². The van der Waals surface area contributed by atoms with E-state index in [1.807, 2.05) is 66.7 Å². The molecule has 2 aromatic carbocycles. The quantitative estimate of drug-likeness (QED) is 0.536. The van der Waals surface area contributed by atoms with Gasteiger partial charge < -0.3 is 4.74 Å². The monoisotopic (exact) mass is 272 g/mol. The van der Waals surface area contributed by atoms with Crippen LogP contribution in [0.5, 0.6) is 11.6 Å². The van der Waals surface area contributed by atoms with Crippen molar-refractivity contribution < 1.29 is 4.74 Å². The summed E-state index contributed by atoms with van der Waals surface area (Å²) in [6, 6.07) is 21.7. The molecule has 0 unspecified atom stereocenters. The molecular formula is C18H12N2O. The van der Waals surface area contributed by atoms with E-state index in [4.69, 9.17) is 4.74 Å². The van der Waals surface area contributed by atoms with E-state index >= 15 is 0 Å². The van der Waals surface area contributed by atoms with Crippen molar-refractivity contribution in [2.45, 2.75) is 0 Å². The molecule has 0 aliphatic rings. The number of fused-ring (bicyclic) bond motifs is 2. The van der Waals surface area contributed by atoms with Gasteiger partial charge in [-0.1, -0.05) is 24.3 Å². The Morgan fingerprint density at radius 3 is 2.62 bits per heavy atom. The minimum absolute atomic E-state index is 0.594. The summed E-state index contributed by atoms with van der Waals surface area (Å²) in [5.74, 6) is 1.36. The standard InChI is InChI=1S/C18H12N2O/c1-2-6-17-13(4-1)7-10-18(20-17)21-15-8-9-16-14(12-15)5-3-11-19-16/h1-12H. The molecule has 3 heteroatoms. The van der Waals surface area contributed by atoms with E-state index in [1.165, 1.54) is 0 Å². The van der Waals surface area contributed by atoms with Gasteiger partial charge in [0.05, 0.1) is 11.0 Å². The highest BCUT2D eigenvalue weighted by Gasteiger charge is 2.02. The molecule has 0 amide bonds. The minimum Gasteiger partial charge on any atom is -0.439 e. The van der Waals surface area contributed by atoms with Gasteiger partial charge in [-0.2, -0.15) is 0 Å². The Kier molecular flexibility index (Phi) is 2.75. The summed E-state index contributed by atoms with van der Waals surface area (Å²) in [4.78, 5) is 8.81. The molecule has 0 fully saturated rings. The Hall–Kier alpha value is -2.94. The Bertz CT molecular complexity index is 857. The fraction of sp³-hybridized carbons (Fsp3) is 0. The van der Waals surface area contributed by atoms with Gasteiger partial charge in [0.2, 0.25) is 5.88 Å². The van der Waals surface area contributed by atoms with Crippen molar-refractivity contribution in [2.75, 3.05) is 0 Å². The lowest BCUT2D eigenvalue weighted by Crippen LogP contribution is -1.89. The first-order valence-electron chi connectivity index (χ1n) is 6.77. The molecule has 2 aromatic heterocycles. The highest BCUT2D eigenvalue weighted by atomic mass is 16.5. The third-order valence-electron chi connectivity index (χ3n) is 3.37. The molecule has 2 heterocycles. The number of nitrogens with zero attached hydrogens (tertiary/aromatic N) is 2. The summed E-state index contributed by atoms with van der Waals surface area (Å²) in [5.41, 5.74) is 1.88. The maximum Gasteiger partial charge on any atom is 0.219 e. The van der Waals surface area contributed by atoms with Crippen molar-refractivity contribution in [1.29, 1.82) is 0 Å². The number of para-hydroxylation sites is 1. The number of pyridine rings is 2. The summed E-state index contributed by atoms with van der Waals surface area (Å²) >= 11 is 0. The minimum atomic E-state index is 0.594. The third-order valence-corrected chi connectivity index (χ3v) is 3.37. The van der Waals surface area contributed by atoms with Crippen molar-refractivity contribution in [3.8, 4) is 11.6 Å². The molecule has 4 rings (SSSR count). The predicted molar refractivity (Wildman–Crippen MR) is 83.6 cm³/mol. The Labute approximate surface area is 121 Å². The number of rotatable bonds is 2. The van der Waals surface area contributed by atoms with Crippen molar-refractivity contribution >= 4 is 21.8 Å². The van der Waals surface area contributed by atoms with Crippen molar-refractivity contribution in [2.24, 2.45) is 0 Å². The van der Waals surface area contributed by atoms with Crippen molar-refractivity contribution in [1.82, 2.24) is 9.97 Å². The zero-order valence-electron chi connectivity index (χ0n) is 11.2. The summed E-state index contributed by atoms with van der Waals surface area (Å²) in [6.45, 7) is 0. The molecule has 0 atom stereocenters. The third kappa shape index (κ3) is 2.30. The normalized spacial score (nSPS) is 10.9. The van der Waals surface area contributed by atoms with E-state index in [0.29, 0.717) is 5.88 Å². The van der Waals surface area contributed by atoms with Gasteiger partial charge in [0, 0.05) is 23.0 Å². The van der Waals surface area contributed by atoms with Gasteiger partial charge in [-0.05, 0) is 36.4 Å². The topological polar surface area (TPSA) is 35.0 Å². The largest absolute Gasteiger partial charge is 0.439 e. The van der Waals surface area contributed by atoms with Crippen LogP contribution >= 0.6 is 0 Å². The van der Waals surface area contributed by atoms with Crippen LogP contribution in [0.15, 0.2) is 72.9 Å². The number of aromatic nitrogens is 2. The SMILES string of the molecule is c1cnc2ccc(Oc3ccc4ccccc4n3)cc2c1. The van der Waals surface area contributed by atoms with E-state index in [1.54, 1.807) is 6.20 Å².